The fourth-order valence-corrected chi connectivity index (χ4v) is 4.75. The van der Waals surface area contributed by atoms with Gasteiger partial charge in [0.05, 0.1) is 11.3 Å². The first-order chi connectivity index (χ1) is 11.2. The maximum atomic E-state index is 14.9. The second-order valence-electron chi connectivity index (χ2n) is 7.04. The molecule has 0 nitrogen and oxygen atoms in total. The average Bonchev–Trinajstić information content (AvgIpc) is 2.44. The first-order valence-electron chi connectivity index (χ1n) is 8.07. The minimum atomic E-state index is -5.65. The molecule has 4 unspecified atom stereocenters. The van der Waals surface area contributed by atoms with Crippen molar-refractivity contribution >= 4 is 0 Å². The van der Waals surface area contributed by atoms with Crippen LogP contribution in [0, 0.1) is 17.3 Å². The van der Waals surface area contributed by atoms with Gasteiger partial charge in [-0.05, 0) is 32.1 Å². The Kier molecular flexibility index (Phi) is 5.09. The highest BCUT2D eigenvalue weighted by molar-refractivity contribution is 5.11. The Bertz CT molecular complexity index is 476. The Morgan fingerprint density at radius 3 is 1.64 bits per heavy atom. The lowest BCUT2D eigenvalue weighted by Crippen LogP contribution is -2.64. The molecule has 2 rings (SSSR count). The fraction of sp³-hybridized carbons (Fsp3) is 1.00. The van der Waals surface area contributed by atoms with E-state index in [9.17, 15) is 43.9 Å². The van der Waals surface area contributed by atoms with Crippen LogP contribution in [-0.2, 0) is 0 Å². The van der Waals surface area contributed by atoms with Crippen LogP contribution in [0.25, 0.3) is 0 Å². The Hall–Kier alpha value is -0.700. The summed E-state index contributed by atoms with van der Waals surface area (Å²) in [7, 11) is 0. The minimum absolute atomic E-state index is 0.158. The summed E-state index contributed by atoms with van der Waals surface area (Å²) in [6, 6.07) is 0. The Balaban J connectivity index is 2.67. The molecule has 0 aliphatic heterocycles. The zero-order valence-corrected chi connectivity index (χ0v) is 13.1. The molecule has 4 atom stereocenters. The molecule has 148 valence electrons. The van der Waals surface area contributed by atoms with E-state index in [1.165, 1.54) is 0 Å². The molecular formula is C15H18F10. The summed E-state index contributed by atoms with van der Waals surface area (Å²) in [6.45, 7) is 0. The summed E-state index contributed by atoms with van der Waals surface area (Å²) in [5.74, 6) is -5.80. The minimum Gasteiger partial charge on any atom is -0.234 e. The van der Waals surface area contributed by atoms with Crippen LogP contribution in [0.4, 0.5) is 43.9 Å². The van der Waals surface area contributed by atoms with Crippen molar-refractivity contribution in [1.29, 1.82) is 0 Å². The third kappa shape index (κ3) is 3.22. The Labute approximate surface area is 137 Å². The highest BCUT2D eigenvalue weighted by Gasteiger charge is 2.76. The quantitative estimate of drug-likeness (QED) is 0.436. The van der Waals surface area contributed by atoms with E-state index in [2.05, 4.69) is 0 Å². The molecule has 2 aliphatic carbocycles. The molecule has 0 heterocycles. The summed E-state index contributed by atoms with van der Waals surface area (Å²) in [5, 5.41) is 0. The van der Waals surface area contributed by atoms with E-state index >= 15 is 0 Å². The van der Waals surface area contributed by atoms with Gasteiger partial charge in [-0.25, -0.2) is 4.39 Å². The standard InChI is InChI=1S/C15H18F10/c16-12(15(23,24)25)8-4-2-5-9(12)11(14(20,21)22)7-3-1-6-10(11)13(17,18)19/h9-10H,1-8H2. The molecule has 10 heteroatoms. The molecule has 2 saturated carbocycles. The SMILES string of the molecule is FC(F)(F)C1CCCCC1(C1CCCCC1(F)C(F)(F)F)C(F)(F)F. The van der Waals surface area contributed by atoms with Gasteiger partial charge < -0.3 is 0 Å². The Morgan fingerprint density at radius 1 is 0.640 bits per heavy atom. The summed E-state index contributed by atoms with van der Waals surface area (Å²) in [6.07, 6.45) is -21.7. The summed E-state index contributed by atoms with van der Waals surface area (Å²) < 4.78 is 136. The molecule has 0 radical (unpaired) electrons. The number of alkyl halides is 10. The van der Waals surface area contributed by atoms with Crippen LogP contribution in [0.15, 0.2) is 0 Å². The zero-order valence-electron chi connectivity index (χ0n) is 13.1. The van der Waals surface area contributed by atoms with Gasteiger partial charge in [0.25, 0.3) is 0 Å². The molecule has 0 bridgehead atoms. The lowest BCUT2D eigenvalue weighted by atomic mass is 9.52. The molecular weight excluding hydrogens is 370 g/mol. The first kappa shape index (κ1) is 20.6. The van der Waals surface area contributed by atoms with Crippen molar-refractivity contribution in [2.45, 2.75) is 75.6 Å². The fourth-order valence-electron chi connectivity index (χ4n) is 4.75. The van der Waals surface area contributed by atoms with Gasteiger partial charge in [-0.15, -0.1) is 0 Å². The molecule has 2 aliphatic rings. The molecule has 0 N–H and O–H groups in total. The molecule has 0 aromatic rings. The van der Waals surface area contributed by atoms with E-state index in [1.807, 2.05) is 0 Å². The van der Waals surface area contributed by atoms with Gasteiger partial charge in [-0.3, -0.25) is 0 Å². The van der Waals surface area contributed by atoms with E-state index in [4.69, 9.17) is 0 Å². The van der Waals surface area contributed by atoms with Crippen molar-refractivity contribution in [1.82, 2.24) is 0 Å². The molecule has 0 aromatic carbocycles. The van der Waals surface area contributed by atoms with Crippen molar-refractivity contribution in [3.8, 4) is 0 Å². The van der Waals surface area contributed by atoms with Crippen LogP contribution < -0.4 is 0 Å². The average molecular weight is 388 g/mol. The van der Waals surface area contributed by atoms with Gasteiger partial charge in [-0.2, -0.15) is 39.5 Å². The van der Waals surface area contributed by atoms with Crippen LogP contribution in [0.2, 0.25) is 0 Å². The van der Waals surface area contributed by atoms with Crippen LogP contribution in [-0.4, -0.2) is 24.2 Å². The monoisotopic (exact) mass is 388 g/mol. The van der Waals surface area contributed by atoms with Gasteiger partial charge in [0.1, 0.15) is 0 Å². The Morgan fingerprint density at radius 2 is 1.16 bits per heavy atom. The van der Waals surface area contributed by atoms with Crippen molar-refractivity contribution < 1.29 is 43.9 Å². The van der Waals surface area contributed by atoms with Crippen LogP contribution in [0.1, 0.15) is 51.4 Å². The smallest absolute Gasteiger partial charge is 0.234 e. The number of hydrogen-bond acceptors (Lipinski definition) is 0. The molecule has 25 heavy (non-hydrogen) atoms. The number of hydrogen-bond donors (Lipinski definition) is 0. The van der Waals surface area contributed by atoms with Crippen molar-refractivity contribution in [2.75, 3.05) is 0 Å². The van der Waals surface area contributed by atoms with Crippen LogP contribution >= 0.6 is 0 Å². The zero-order chi connectivity index (χ0) is 19.3. The summed E-state index contributed by atoms with van der Waals surface area (Å²) in [5.41, 5.74) is -8.00. The second kappa shape index (κ2) is 6.18. The van der Waals surface area contributed by atoms with Crippen molar-refractivity contribution in [2.24, 2.45) is 17.3 Å². The summed E-state index contributed by atoms with van der Waals surface area (Å²) >= 11 is 0. The van der Waals surface area contributed by atoms with E-state index in [-0.39, 0.29) is 25.7 Å². The molecule has 0 saturated heterocycles. The molecule has 2 fully saturated rings. The predicted octanol–water partition coefficient (Wildman–Crippen LogP) is 6.75. The predicted molar refractivity (Wildman–Crippen MR) is 68.4 cm³/mol. The lowest BCUT2D eigenvalue weighted by molar-refractivity contribution is -0.361. The maximum Gasteiger partial charge on any atom is 0.422 e. The van der Waals surface area contributed by atoms with Gasteiger partial charge in [-0.1, -0.05) is 19.3 Å². The van der Waals surface area contributed by atoms with E-state index in [0.717, 1.165) is 0 Å². The third-order valence-electron chi connectivity index (χ3n) is 5.81. The van der Waals surface area contributed by atoms with Crippen molar-refractivity contribution in [3.63, 3.8) is 0 Å². The maximum absolute atomic E-state index is 14.9. The second-order valence-corrected chi connectivity index (χ2v) is 7.04. The molecule has 0 amide bonds. The van der Waals surface area contributed by atoms with Gasteiger partial charge in [0, 0.05) is 5.92 Å². The molecule has 0 spiro atoms. The van der Waals surface area contributed by atoms with Crippen molar-refractivity contribution in [3.05, 3.63) is 0 Å². The van der Waals surface area contributed by atoms with E-state index < -0.39 is 67.1 Å². The van der Waals surface area contributed by atoms with Gasteiger partial charge in [0.15, 0.2) is 0 Å². The van der Waals surface area contributed by atoms with Crippen LogP contribution in [0.3, 0.4) is 0 Å². The third-order valence-corrected chi connectivity index (χ3v) is 5.81. The normalized spacial score (nSPS) is 38.6. The van der Waals surface area contributed by atoms with Gasteiger partial charge in [0.2, 0.25) is 5.67 Å². The lowest BCUT2D eigenvalue weighted by Gasteiger charge is -2.55. The first-order valence-corrected chi connectivity index (χ1v) is 8.07. The van der Waals surface area contributed by atoms with E-state index in [1.54, 1.807) is 0 Å². The van der Waals surface area contributed by atoms with E-state index in [0.29, 0.717) is 0 Å². The highest BCUT2D eigenvalue weighted by atomic mass is 19.4. The summed E-state index contributed by atoms with van der Waals surface area (Å²) in [4.78, 5) is 0. The van der Waals surface area contributed by atoms with Crippen LogP contribution in [0.5, 0.6) is 0 Å². The van der Waals surface area contributed by atoms with Gasteiger partial charge >= 0.3 is 18.5 Å². The number of halogens is 10. The molecule has 0 aromatic heterocycles. The highest BCUT2D eigenvalue weighted by Crippen LogP contribution is 2.67. The topological polar surface area (TPSA) is 0 Å². The number of rotatable bonds is 1. The largest absolute Gasteiger partial charge is 0.422 e.